The van der Waals surface area contributed by atoms with E-state index >= 15 is 0 Å². The number of hydrogen-bond donors (Lipinski definition) is 0. The van der Waals surface area contributed by atoms with Gasteiger partial charge in [-0.1, -0.05) is 56.3 Å². The third-order valence-electron chi connectivity index (χ3n) is 5.11. The van der Waals surface area contributed by atoms with Crippen LogP contribution in [0.1, 0.15) is 44.1 Å². The van der Waals surface area contributed by atoms with Crippen molar-refractivity contribution in [1.29, 1.82) is 0 Å². The maximum Gasteiger partial charge on any atom is 0.270 e. The van der Waals surface area contributed by atoms with E-state index in [1.807, 2.05) is 30.3 Å². The second-order valence-electron chi connectivity index (χ2n) is 6.85. The molecule has 6 heteroatoms. The van der Waals surface area contributed by atoms with Gasteiger partial charge in [0.25, 0.3) is 11.6 Å². The highest BCUT2D eigenvalue weighted by atomic mass is 15.0. The van der Waals surface area contributed by atoms with Gasteiger partial charge in [0.1, 0.15) is 11.4 Å². The second-order valence-corrected chi connectivity index (χ2v) is 6.85. The second kappa shape index (κ2) is 9.27. The average molecular weight is 378 g/mol. The first kappa shape index (κ1) is 19.8. The van der Waals surface area contributed by atoms with Crippen molar-refractivity contribution in [3.63, 3.8) is 0 Å². The summed E-state index contributed by atoms with van der Waals surface area (Å²) in [6.07, 6.45) is 6.02. The standard InChI is InChI=1S/C12H7N3.C11H11N3/c1-13-11-8-10(15-12(11)14-2)9-6-4-3-5-7-9;1-12-10-7-9(14-11(10)13-2)8-5-3-4-6-8/h3-7H,8H2;8H,3-7H2. The molecule has 2 heterocycles. The zero-order valence-electron chi connectivity index (χ0n) is 15.9. The Morgan fingerprint density at radius 3 is 1.83 bits per heavy atom. The van der Waals surface area contributed by atoms with E-state index in [4.69, 9.17) is 26.3 Å². The predicted octanol–water partition coefficient (Wildman–Crippen LogP) is 5.92. The first-order valence-electron chi connectivity index (χ1n) is 9.36. The van der Waals surface area contributed by atoms with Crippen molar-refractivity contribution in [1.82, 2.24) is 0 Å². The largest absolute Gasteiger partial charge is 0.372 e. The van der Waals surface area contributed by atoms with Crippen LogP contribution in [0.2, 0.25) is 0 Å². The summed E-state index contributed by atoms with van der Waals surface area (Å²) in [7, 11) is 0. The average Bonchev–Trinajstić information content (AvgIpc) is 3.53. The molecule has 0 radical (unpaired) electrons. The highest BCUT2D eigenvalue weighted by Gasteiger charge is 2.30. The van der Waals surface area contributed by atoms with Gasteiger partial charge in [0, 0.05) is 24.3 Å². The molecule has 0 unspecified atom stereocenters. The van der Waals surface area contributed by atoms with Crippen molar-refractivity contribution in [2.75, 3.05) is 0 Å². The van der Waals surface area contributed by atoms with Crippen molar-refractivity contribution in [2.24, 2.45) is 15.9 Å². The molecule has 29 heavy (non-hydrogen) atoms. The van der Waals surface area contributed by atoms with Crippen LogP contribution in [-0.4, -0.2) is 11.4 Å². The van der Waals surface area contributed by atoms with Crippen molar-refractivity contribution in [2.45, 2.75) is 38.5 Å². The molecular weight excluding hydrogens is 360 g/mol. The Hall–Kier alpha value is -4.00. The molecule has 6 nitrogen and oxygen atoms in total. The molecule has 0 N–H and O–H groups in total. The Morgan fingerprint density at radius 1 is 0.724 bits per heavy atom. The molecule has 0 amide bonds. The van der Waals surface area contributed by atoms with Crippen LogP contribution >= 0.6 is 0 Å². The lowest BCUT2D eigenvalue weighted by atomic mass is 9.99. The lowest BCUT2D eigenvalue weighted by Crippen LogP contribution is -2.08. The third kappa shape index (κ3) is 4.47. The first-order valence-corrected chi connectivity index (χ1v) is 9.36. The quantitative estimate of drug-likeness (QED) is 0.574. The normalized spacial score (nSPS) is 18.1. The van der Waals surface area contributed by atoms with E-state index in [-0.39, 0.29) is 5.82 Å². The molecule has 1 fully saturated rings. The van der Waals surface area contributed by atoms with Gasteiger partial charge in [0.2, 0.25) is 0 Å². The Balaban J connectivity index is 0.000000166. The molecule has 140 valence electrons. The molecule has 2 aliphatic heterocycles. The molecule has 0 aromatic heterocycles. The molecule has 1 saturated carbocycles. The van der Waals surface area contributed by atoms with Crippen LogP contribution < -0.4 is 0 Å². The van der Waals surface area contributed by atoms with E-state index in [0.29, 0.717) is 36.0 Å². The summed E-state index contributed by atoms with van der Waals surface area (Å²) in [6, 6.07) is 9.65. The zero-order chi connectivity index (χ0) is 20.6. The monoisotopic (exact) mass is 378 g/mol. The lowest BCUT2D eigenvalue weighted by Gasteiger charge is -2.04. The van der Waals surface area contributed by atoms with Gasteiger partial charge >= 0.3 is 0 Å². The molecule has 0 saturated heterocycles. The van der Waals surface area contributed by atoms with Gasteiger partial charge in [-0.25, -0.2) is 0 Å². The van der Waals surface area contributed by atoms with Crippen molar-refractivity contribution < 1.29 is 0 Å². The maximum absolute atomic E-state index is 6.94. The van der Waals surface area contributed by atoms with Gasteiger partial charge in [0.15, 0.2) is 11.4 Å². The zero-order valence-corrected chi connectivity index (χ0v) is 15.9. The van der Waals surface area contributed by atoms with Gasteiger partial charge in [-0.3, -0.25) is 9.69 Å². The summed E-state index contributed by atoms with van der Waals surface area (Å²) in [5.41, 5.74) is 3.87. The van der Waals surface area contributed by atoms with E-state index in [9.17, 15) is 0 Å². The minimum absolute atomic E-state index is 0.240. The summed E-state index contributed by atoms with van der Waals surface area (Å²) >= 11 is 0. The first-order chi connectivity index (χ1) is 14.2. The minimum Gasteiger partial charge on any atom is -0.372 e. The number of benzene rings is 1. The van der Waals surface area contributed by atoms with Crippen molar-refractivity contribution in [3.8, 4) is 0 Å². The summed E-state index contributed by atoms with van der Waals surface area (Å²) in [4.78, 5) is 21.6. The maximum atomic E-state index is 6.94. The Kier molecular flexibility index (Phi) is 6.32. The predicted molar refractivity (Wildman–Crippen MR) is 112 cm³/mol. The Morgan fingerprint density at radius 2 is 1.31 bits per heavy atom. The SMILES string of the molecule is [C-]#[N+]C1=C([N+]#[C-])N=C(C2CCCC2)C1.[C-]#[N+]C1=C([N+]#[C-])N=C(c2ccccc2)C1. The van der Waals surface area contributed by atoms with Gasteiger partial charge in [-0.2, -0.15) is 0 Å². The molecule has 1 aromatic rings. The van der Waals surface area contributed by atoms with E-state index in [1.54, 1.807) is 0 Å². The minimum atomic E-state index is 0.240. The van der Waals surface area contributed by atoms with Crippen LogP contribution in [0, 0.1) is 32.2 Å². The van der Waals surface area contributed by atoms with E-state index in [0.717, 1.165) is 17.0 Å². The van der Waals surface area contributed by atoms with Crippen LogP contribution in [0.3, 0.4) is 0 Å². The van der Waals surface area contributed by atoms with Crippen LogP contribution in [0.25, 0.3) is 19.4 Å². The molecule has 1 aromatic carbocycles. The van der Waals surface area contributed by atoms with Crippen molar-refractivity contribution in [3.05, 3.63) is 105 Å². The van der Waals surface area contributed by atoms with Gasteiger partial charge in [-0.15, -0.1) is 9.98 Å². The van der Waals surface area contributed by atoms with Gasteiger partial charge < -0.3 is 9.69 Å². The Labute approximate surface area is 170 Å². The summed E-state index contributed by atoms with van der Waals surface area (Å²) in [5.74, 6) is 1.12. The molecule has 0 atom stereocenters. The highest BCUT2D eigenvalue weighted by Crippen LogP contribution is 2.33. The highest BCUT2D eigenvalue weighted by molar-refractivity contribution is 6.04. The fourth-order valence-corrected chi connectivity index (χ4v) is 3.61. The summed E-state index contributed by atoms with van der Waals surface area (Å²) in [6.45, 7) is 27.7. The van der Waals surface area contributed by atoms with Crippen LogP contribution in [-0.2, 0) is 0 Å². The van der Waals surface area contributed by atoms with Gasteiger partial charge in [-0.05, 0) is 12.8 Å². The molecule has 0 spiro atoms. The van der Waals surface area contributed by atoms with E-state index in [2.05, 4.69) is 29.4 Å². The third-order valence-corrected chi connectivity index (χ3v) is 5.11. The number of rotatable bonds is 2. The summed E-state index contributed by atoms with van der Waals surface area (Å²) in [5, 5.41) is 0. The smallest absolute Gasteiger partial charge is 0.270 e. The number of allylic oxidation sites excluding steroid dienone is 2. The van der Waals surface area contributed by atoms with Crippen LogP contribution in [0.5, 0.6) is 0 Å². The molecular formula is C23H18N6. The van der Waals surface area contributed by atoms with Crippen LogP contribution in [0.4, 0.5) is 0 Å². The van der Waals surface area contributed by atoms with Crippen LogP contribution in [0.15, 0.2) is 63.4 Å². The Bertz CT molecular complexity index is 1090. The van der Waals surface area contributed by atoms with Crippen molar-refractivity contribution >= 4 is 11.4 Å². The molecule has 1 aliphatic carbocycles. The molecule has 4 rings (SSSR count). The topological polar surface area (TPSA) is 42.2 Å². The fraction of sp³-hybridized carbons (Fsp3) is 0.304. The number of nitrogens with zero attached hydrogens (tertiary/aromatic N) is 6. The lowest BCUT2D eigenvalue weighted by molar-refractivity contribution is 0.721. The van der Waals surface area contributed by atoms with E-state index in [1.165, 1.54) is 25.7 Å². The fourth-order valence-electron chi connectivity index (χ4n) is 3.61. The molecule has 0 bridgehead atoms. The number of hydrogen-bond acceptors (Lipinski definition) is 2. The summed E-state index contributed by atoms with van der Waals surface area (Å²) < 4.78 is 0. The van der Waals surface area contributed by atoms with E-state index < -0.39 is 0 Å². The molecule has 3 aliphatic rings. The number of aliphatic imine (C=N–C) groups is 2. The van der Waals surface area contributed by atoms with Gasteiger partial charge in [0.05, 0.1) is 13.1 Å².